The largest absolute Gasteiger partial charge is 0.285 e. The molecular formula is C6H8N2S. The Bertz CT molecular complexity index is 241. The molecule has 0 bridgehead atoms. The van der Waals surface area contributed by atoms with Gasteiger partial charge in [-0.25, -0.2) is 0 Å². The number of aromatic nitrogens is 2. The van der Waals surface area contributed by atoms with E-state index in [1.807, 2.05) is 6.20 Å². The van der Waals surface area contributed by atoms with Gasteiger partial charge in [0.1, 0.15) is 0 Å². The number of nitrogens with zero attached hydrogens (tertiary/aromatic N) is 1. The van der Waals surface area contributed by atoms with Crippen LogP contribution >= 0.6 is 12.2 Å². The average molecular weight is 140 g/mol. The number of nitrogens with one attached hydrogen (secondary N) is 1. The standard InChI is InChI=1S/C6H8N2S/c1-2-5-3-7-8-4-6(5)9/h3-4H,2H2,1H3,(H,7,9). The van der Waals surface area contributed by atoms with Crippen LogP contribution in [0.3, 0.4) is 0 Å². The van der Waals surface area contributed by atoms with E-state index in [2.05, 4.69) is 17.1 Å². The Labute approximate surface area is 58.9 Å². The molecule has 0 saturated carbocycles. The van der Waals surface area contributed by atoms with E-state index in [1.165, 1.54) is 0 Å². The number of hydrogen-bond donors (Lipinski definition) is 1. The summed E-state index contributed by atoms with van der Waals surface area (Å²) in [7, 11) is 0. The second-order valence-electron chi connectivity index (χ2n) is 1.77. The molecule has 0 aliphatic carbocycles. The van der Waals surface area contributed by atoms with Crippen molar-refractivity contribution in [1.29, 1.82) is 0 Å². The van der Waals surface area contributed by atoms with E-state index in [0.717, 1.165) is 16.5 Å². The highest BCUT2D eigenvalue weighted by Crippen LogP contribution is 1.97. The molecule has 2 nitrogen and oxygen atoms in total. The molecule has 0 aliphatic heterocycles. The number of H-pyrrole nitrogens is 1. The topological polar surface area (TPSA) is 28.7 Å². The Balaban J connectivity index is 3.16. The lowest BCUT2D eigenvalue weighted by Gasteiger charge is -1.91. The van der Waals surface area contributed by atoms with E-state index in [1.54, 1.807) is 6.20 Å². The lowest BCUT2D eigenvalue weighted by molar-refractivity contribution is 0.976. The Morgan fingerprint density at radius 2 is 2.56 bits per heavy atom. The molecule has 0 unspecified atom stereocenters. The Kier molecular flexibility index (Phi) is 1.95. The quantitative estimate of drug-likeness (QED) is 0.601. The lowest BCUT2D eigenvalue weighted by atomic mass is 10.2. The molecule has 48 valence electrons. The predicted molar refractivity (Wildman–Crippen MR) is 38.8 cm³/mol. The van der Waals surface area contributed by atoms with Gasteiger partial charge in [0.15, 0.2) is 0 Å². The molecule has 1 heterocycles. The van der Waals surface area contributed by atoms with Crippen LogP contribution in [0.1, 0.15) is 12.5 Å². The molecule has 0 aliphatic rings. The molecule has 0 aromatic carbocycles. The van der Waals surface area contributed by atoms with Crippen LogP contribution in [-0.4, -0.2) is 10.2 Å². The molecule has 1 aromatic heterocycles. The van der Waals surface area contributed by atoms with Crippen LogP contribution in [0.25, 0.3) is 0 Å². The summed E-state index contributed by atoms with van der Waals surface area (Å²) in [5.41, 5.74) is 1.15. The van der Waals surface area contributed by atoms with Gasteiger partial charge in [-0.1, -0.05) is 19.1 Å². The fraction of sp³-hybridized carbons (Fsp3) is 0.333. The van der Waals surface area contributed by atoms with Gasteiger partial charge in [-0.15, -0.1) is 0 Å². The van der Waals surface area contributed by atoms with E-state index in [4.69, 9.17) is 12.2 Å². The van der Waals surface area contributed by atoms with Crippen molar-refractivity contribution in [1.82, 2.24) is 10.2 Å². The second kappa shape index (κ2) is 2.73. The molecule has 0 fully saturated rings. The van der Waals surface area contributed by atoms with Gasteiger partial charge in [0.2, 0.25) is 0 Å². The van der Waals surface area contributed by atoms with E-state index in [0.29, 0.717) is 0 Å². The summed E-state index contributed by atoms with van der Waals surface area (Å²) in [4.78, 5) is 0. The van der Waals surface area contributed by atoms with Crippen LogP contribution in [0.2, 0.25) is 0 Å². The number of hydrogen-bond acceptors (Lipinski definition) is 2. The minimum Gasteiger partial charge on any atom is -0.285 e. The highest BCUT2D eigenvalue weighted by atomic mass is 32.1. The monoisotopic (exact) mass is 140 g/mol. The molecule has 1 rings (SSSR count). The van der Waals surface area contributed by atoms with E-state index >= 15 is 0 Å². The third-order valence-electron chi connectivity index (χ3n) is 1.19. The summed E-state index contributed by atoms with van der Waals surface area (Å²) < 4.78 is 0.844. The molecule has 0 radical (unpaired) electrons. The number of aromatic amines is 1. The van der Waals surface area contributed by atoms with Crippen LogP contribution in [0.4, 0.5) is 0 Å². The van der Waals surface area contributed by atoms with Gasteiger partial charge in [-0.2, -0.15) is 5.10 Å². The van der Waals surface area contributed by atoms with E-state index in [9.17, 15) is 0 Å². The molecule has 1 aromatic rings. The lowest BCUT2D eigenvalue weighted by Crippen LogP contribution is -1.85. The Morgan fingerprint density at radius 3 is 3.00 bits per heavy atom. The van der Waals surface area contributed by atoms with Crippen LogP contribution in [0, 0.1) is 4.51 Å². The van der Waals surface area contributed by atoms with Gasteiger partial charge in [0, 0.05) is 6.20 Å². The van der Waals surface area contributed by atoms with Gasteiger partial charge in [-0.05, 0) is 12.0 Å². The van der Waals surface area contributed by atoms with Crippen LogP contribution in [-0.2, 0) is 6.42 Å². The molecule has 9 heavy (non-hydrogen) atoms. The maximum Gasteiger partial charge on any atom is 0.0656 e. The van der Waals surface area contributed by atoms with Crippen molar-refractivity contribution in [3.8, 4) is 0 Å². The van der Waals surface area contributed by atoms with Gasteiger partial charge < -0.3 is 0 Å². The first kappa shape index (κ1) is 6.42. The normalized spacial score (nSPS) is 9.44. The van der Waals surface area contributed by atoms with E-state index in [-0.39, 0.29) is 0 Å². The number of rotatable bonds is 1. The number of aryl methyl sites for hydroxylation is 1. The maximum absolute atomic E-state index is 4.97. The zero-order valence-electron chi connectivity index (χ0n) is 5.22. The molecule has 0 atom stereocenters. The van der Waals surface area contributed by atoms with Crippen molar-refractivity contribution in [3.05, 3.63) is 22.5 Å². The van der Waals surface area contributed by atoms with Gasteiger partial charge >= 0.3 is 0 Å². The fourth-order valence-electron chi connectivity index (χ4n) is 0.641. The Hall–Kier alpha value is -0.700. The van der Waals surface area contributed by atoms with Gasteiger partial charge in [0.25, 0.3) is 0 Å². The van der Waals surface area contributed by atoms with Crippen molar-refractivity contribution >= 4 is 12.2 Å². The van der Waals surface area contributed by atoms with Crippen LogP contribution in [0.5, 0.6) is 0 Å². The summed E-state index contributed by atoms with van der Waals surface area (Å²) in [5, 5.41) is 6.50. The zero-order valence-corrected chi connectivity index (χ0v) is 6.03. The second-order valence-corrected chi connectivity index (χ2v) is 2.21. The van der Waals surface area contributed by atoms with Gasteiger partial charge in [-0.3, -0.25) is 5.10 Å². The van der Waals surface area contributed by atoms with Crippen LogP contribution in [0.15, 0.2) is 12.4 Å². The highest BCUT2D eigenvalue weighted by molar-refractivity contribution is 7.71. The summed E-state index contributed by atoms with van der Waals surface area (Å²) in [6.45, 7) is 2.07. The smallest absolute Gasteiger partial charge is 0.0656 e. The van der Waals surface area contributed by atoms with Crippen molar-refractivity contribution < 1.29 is 0 Å². The first-order valence-corrected chi connectivity index (χ1v) is 3.27. The van der Waals surface area contributed by atoms with Crippen molar-refractivity contribution in [2.45, 2.75) is 13.3 Å². The molecule has 3 heteroatoms. The first-order valence-electron chi connectivity index (χ1n) is 2.86. The molecular weight excluding hydrogens is 132 g/mol. The minimum atomic E-state index is 0.844. The maximum atomic E-state index is 4.97. The summed E-state index contributed by atoms with van der Waals surface area (Å²) in [6.07, 6.45) is 4.47. The molecule has 0 spiro atoms. The van der Waals surface area contributed by atoms with E-state index < -0.39 is 0 Å². The van der Waals surface area contributed by atoms with Crippen molar-refractivity contribution in [2.75, 3.05) is 0 Å². The average Bonchev–Trinajstić information content (AvgIpc) is 1.89. The van der Waals surface area contributed by atoms with Crippen molar-refractivity contribution in [3.63, 3.8) is 0 Å². The zero-order chi connectivity index (χ0) is 6.69. The predicted octanol–water partition coefficient (Wildman–Crippen LogP) is 1.70. The third-order valence-corrected chi connectivity index (χ3v) is 1.56. The SMILES string of the molecule is CCc1c[nH]ncc1=S. The Morgan fingerprint density at radius 1 is 1.78 bits per heavy atom. The highest BCUT2D eigenvalue weighted by Gasteiger charge is 1.87. The first-order chi connectivity index (χ1) is 4.34. The van der Waals surface area contributed by atoms with Gasteiger partial charge in [0.05, 0.1) is 10.7 Å². The third kappa shape index (κ3) is 1.36. The summed E-state index contributed by atoms with van der Waals surface area (Å²) >= 11 is 4.97. The summed E-state index contributed by atoms with van der Waals surface area (Å²) in [5.74, 6) is 0. The molecule has 1 N–H and O–H groups in total. The minimum absolute atomic E-state index is 0.844. The summed E-state index contributed by atoms with van der Waals surface area (Å²) in [6, 6.07) is 0. The molecule has 0 saturated heterocycles. The fourth-order valence-corrected chi connectivity index (χ4v) is 0.897. The van der Waals surface area contributed by atoms with Crippen LogP contribution < -0.4 is 0 Å². The molecule has 0 amide bonds. The van der Waals surface area contributed by atoms with Crippen molar-refractivity contribution in [2.24, 2.45) is 0 Å².